The van der Waals surface area contributed by atoms with Crippen molar-refractivity contribution in [2.45, 2.75) is 6.54 Å². The van der Waals surface area contributed by atoms with Crippen molar-refractivity contribution >= 4 is 23.3 Å². The van der Waals surface area contributed by atoms with Crippen molar-refractivity contribution in [3.63, 3.8) is 0 Å². The molecular weight excluding hydrogens is 242 g/mol. The van der Waals surface area contributed by atoms with Crippen molar-refractivity contribution in [1.82, 2.24) is 4.90 Å². The van der Waals surface area contributed by atoms with E-state index in [2.05, 4.69) is 0 Å². The Balaban J connectivity index is 1.93. The fraction of sp³-hybridized carbons (Fsp3) is 0.133. The number of hydrogen-bond acceptors (Lipinski definition) is 2. The normalized spacial score (nSPS) is 10.7. The Morgan fingerprint density at radius 1 is 1.28 bits per heavy atom. The Morgan fingerprint density at radius 3 is 2.72 bits per heavy atom. The van der Waals surface area contributed by atoms with Gasteiger partial charge in [0.2, 0.25) is 5.91 Å². The van der Waals surface area contributed by atoms with Crippen LogP contribution in [-0.4, -0.2) is 17.9 Å². The number of carbonyl (C=O) groups is 1. The van der Waals surface area contributed by atoms with Gasteiger partial charge in [0, 0.05) is 19.7 Å². The summed E-state index contributed by atoms with van der Waals surface area (Å²) in [6.07, 6.45) is 3.46. The lowest BCUT2D eigenvalue weighted by Gasteiger charge is -2.14. The molecule has 1 aromatic carbocycles. The van der Waals surface area contributed by atoms with Crippen molar-refractivity contribution in [1.29, 1.82) is 0 Å². The van der Waals surface area contributed by atoms with Gasteiger partial charge in [0.05, 0.1) is 0 Å². The average molecular weight is 257 g/mol. The van der Waals surface area contributed by atoms with Crippen LogP contribution in [0.25, 0.3) is 6.08 Å². The van der Waals surface area contributed by atoms with Gasteiger partial charge in [-0.1, -0.05) is 30.3 Å². The van der Waals surface area contributed by atoms with Gasteiger partial charge in [-0.05, 0) is 34.0 Å². The summed E-state index contributed by atoms with van der Waals surface area (Å²) in [5, 5.41) is 4.01. The Hall–Kier alpha value is -1.87. The molecule has 0 saturated carbocycles. The minimum Gasteiger partial charge on any atom is -0.338 e. The van der Waals surface area contributed by atoms with Gasteiger partial charge in [-0.3, -0.25) is 4.79 Å². The van der Waals surface area contributed by atoms with Crippen LogP contribution in [0.15, 0.2) is 53.2 Å². The predicted octanol–water partition coefficient (Wildman–Crippen LogP) is 3.42. The third kappa shape index (κ3) is 3.57. The molecule has 0 aliphatic heterocycles. The maximum absolute atomic E-state index is 11.9. The first kappa shape index (κ1) is 12.6. The van der Waals surface area contributed by atoms with E-state index in [0.29, 0.717) is 6.54 Å². The Bertz CT molecular complexity index is 517. The van der Waals surface area contributed by atoms with Gasteiger partial charge in [0.15, 0.2) is 0 Å². The molecule has 0 aliphatic carbocycles. The zero-order chi connectivity index (χ0) is 12.8. The molecule has 1 heterocycles. The molecule has 2 rings (SSSR count). The van der Waals surface area contributed by atoms with Crippen LogP contribution in [-0.2, 0) is 11.3 Å². The molecule has 0 fully saturated rings. The monoisotopic (exact) mass is 257 g/mol. The minimum absolute atomic E-state index is 0.0186. The van der Waals surface area contributed by atoms with Crippen LogP contribution < -0.4 is 0 Å². The lowest BCUT2D eigenvalue weighted by atomic mass is 10.2. The van der Waals surface area contributed by atoms with Gasteiger partial charge in [-0.25, -0.2) is 0 Å². The number of thiophene rings is 1. The maximum atomic E-state index is 11.9. The van der Waals surface area contributed by atoms with Crippen LogP contribution in [0.4, 0.5) is 0 Å². The number of nitrogens with zero attached hydrogens (tertiary/aromatic N) is 1. The molecule has 0 aliphatic rings. The number of carbonyl (C=O) groups excluding carboxylic acids is 1. The first-order chi connectivity index (χ1) is 8.75. The second kappa shape index (κ2) is 6.17. The van der Waals surface area contributed by atoms with Gasteiger partial charge in [-0.2, -0.15) is 11.3 Å². The van der Waals surface area contributed by atoms with Gasteiger partial charge in [0.1, 0.15) is 0 Å². The highest BCUT2D eigenvalue weighted by Crippen LogP contribution is 2.08. The quantitative estimate of drug-likeness (QED) is 0.769. The van der Waals surface area contributed by atoms with Crippen molar-refractivity contribution in [3.8, 4) is 0 Å². The maximum Gasteiger partial charge on any atom is 0.246 e. The van der Waals surface area contributed by atoms with Crippen LogP contribution in [0.1, 0.15) is 11.1 Å². The molecule has 0 radical (unpaired) electrons. The third-order valence-corrected chi connectivity index (χ3v) is 3.30. The van der Waals surface area contributed by atoms with E-state index in [1.807, 2.05) is 60.3 Å². The van der Waals surface area contributed by atoms with Crippen molar-refractivity contribution < 1.29 is 4.79 Å². The van der Waals surface area contributed by atoms with Crippen LogP contribution in [0.2, 0.25) is 0 Å². The molecule has 0 atom stereocenters. The minimum atomic E-state index is 0.0186. The molecule has 18 heavy (non-hydrogen) atoms. The molecule has 0 saturated heterocycles. The largest absolute Gasteiger partial charge is 0.338 e. The van der Waals surface area contributed by atoms with Gasteiger partial charge < -0.3 is 4.90 Å². The highest BCUT2D eigenvalue weighted by Gasteiger charge is 2.05. The lowest BCUT2D eigenvalue weighted by molar-refractivity contribution is -0.125. The first-order valence-corrected chi connectivity index (χ1v) is 6.69. The topological polar surface area (TPSA) is 20.3 Å². The molecule has 0 unspecified atom stereocenters. The summed E-state index contributed by atoms with van der Waals surface area (Å²) >= 11 is 1.63. The van der Waals surface area contributed by atoms with E-state index in [9.17, 15) is 4.79 Å². The van der Waals surface area contributed by atoms with E-state index in [4.69, 9.17) is 0 Å². The smallest absolute Gasteiger partial charge is 0.246 e. The van der Waals surface area contributed by atoms with E-state index in [0.717, 1.165) is 11.1 Å². The van der Waals surface area contributed by atoms with Crippen LogP contribution >= 0.6 is 11.3 Å². The summed E-state index contributed by atoms with van der Waals surface area (Å²) in [5.74, 6) is 0.0186. The van der Waals surface area contributed by atoms with Gasteiger partial charge in [0.25, 0.3) is 0 Å². The Kier molecular flexibility index (Phi) is 4.31. The molecule has 1 amide bonds. The zero-order valence-corrected chi connectivity index (χ0v) is 11.1. The highest BCUT2D eigenvalue weighted by molar-refractivity contribution is 7.08. The van der Waals surface area contributed by atoms with E-state index >= 15 is 0 Å². The van der Waals surface area contributed by atoms with Crippen molar-refractivity contribution in [2.24, 2.45) is 0 Å². The summed E-state index contributed by atoms with van der Waals surface area (Å²) in [7, 11) is 1.81. The van der Waals surface area contributed by atoms with Crippen LogP contribution in [0.5, 0.6) is 0 Å². The Labute approximate surface area is 111 Å². The molecule has 0 N–H and O–H groups in total. The van der Waals surface area contributed by atoms with E-state index in [1.54, 1.807) is 22.3 Å². The third-order valence-electron chi connectivity index (χ3n) is 2.60. The molecular formula is C15H15NOS. The number of amides is 1. The van der Waals surface area contributed by atoms with E-state index < -0.39 is 0 Å². The van der Waals surface area contributed by atoms with Gasteiger partial charge >= 0.3 is 0 Å². The van der Waals surface area contributed by atoms with E-state index in [1.165, 1.54) is 0 Å². The first-order valence-electron chi connectivity index (χ1n) is 5.75. The summed E-state index contributed by atoms with van der Waals surface area (Å²) in [5.41, 5.74) is 2.21. The number of rotatable bonds is 4. The standard InChI is InChI=1S/C15H15NOS/c1-16(11-13-5-3-2-4-6-13)15(17)8-7-14-9-10-18-12-14/h2-10,12H,11H2,1H3/b8-7+. The second-order valence-electron chi connectivity index (χ2n) is 4.07. The average Bonchev–Trinajstić information content (AvgIpc) is 2.90. The number of benzene rings is 1. The number of hydrogen-bond donors (Lipinski definition) is 0. The summed E-state index contributed by atoms with van der Waals surface area (Å²) in [4.78, 5) is 13.6. The van der Waals surface area contributed by atoms with Crippen LogP contribution in [0.3, 0.4) is 0 Å². The van der Waals surface area contributed by atoms with Crippen LogP contribution in [0, 0.1) is 0 Å². The molecule has 2 aromatic rings. The van der Waals surface area contributed by atoms with Crippen molar-refractivity contribution in [2.75, 3.05) is 7.05 Å². The number of likely N-dealkylation sites (N-methyl/N-ethyl adjacent to an activating group) is 1. The molecule has 92 valence electrons. The summed E-state index contributed by atoms with van der Waals surface area (Å²) in [6, 6.07) is 12.0. The SMILES string of the molecule is CN(Cc1ccccc1)C(=O)/C=C/c1ccsc1. The van der Waals surface area contributed by atoms with E-state index in [-0.39, 0.29) is 5.91 Å². The fourth-order valence-electron chi connectivity index (χ4n) is 1.60. The molecule has 0 spiro atoms. The molecule has 0 bridgehead atoms. The lowest BCUT2D eigenvalue weighted by Crippen LogP contribution is -2.23. The highest BCUT2D eigenvalue weighted by atomic mass is 32.1. The predicted molar refractivity (Wildman–Crippen MR) is 76.3 cm³/mol. The van der Waals surface area contributed by atoms with Gasteiger partial charge in [-0.15, -0.1) is 0 Å². The second-order valence-corrected chi connectivity index (χ2v) is 4.85. The van der Waals surface area contributed by atoms with Crippen molar-refractivity contribution in [3.05, 3.63) is 64.4 Å². The zero-order valence-electron chi connectivity index (χ0n) is 10.2. The molecule has 3 heteroatoms. The summed E-state index contributed by atoms with van der Waals surface area (Å²) in [6.45, 7) is 0.633. The Morgan fingerprint density at radius 2 is 2.06 bits per heavy atom. The molecule has 2 nitrogen and oxygen atoms in total. The fourth-order valence-corrected chi connectivity index (χ4v) is 2.23. The summed E-state index contributed by atoms with van der Waals surface area (Å²) < 4.78 is 0. The molecule has 1 aromatic heterocycles.